The van der Waals surface area contributed by atoms with E-state index in [4.69, 9.17) is 4.74 Å². The van der Waals surface area contributed by atoms with E-state index in [1.165, 1.54) is 22.7 Å². The Bertz CT molecular complexity index is 793. The highest BCUT2D eigenvalue weighted by Crippen LogP contribution is 2.35. The molecule has 1 aromatic carbocycles. The van der Waals surface area contributed by atoms with Crippen molar-refractivity contribution in [3.8, 4) is 5.75 Å². The number of carbonyl (C=O) groups excluding carboxylic acids is 1. The summed E-state index contributed by atoms with van der Waals surface area (Å²) >= 11 is 2.95. The largest absolute Gasteiger partial charge is 0.494 e. The lowest BCUT2D eigenvalue weighted by Gasteiger charge is -2.26. The van der Waals surface area contributed by atoms with Gasteiger partial charge in [0.15, 0.2) is 0 Å². The number of nitrogens with one attached hydrogen (secondary N) is 1. The summed E-state index contributed by atoms with van der Waals surface area (Å²) in [6.45, 7) is 2.91. The Balaban J connectivity index is 1.66. The maximum Gasteiger partial charge on any atom is 0.251 e. The molecular formula is C21H23NO3S2. The van der Waals surface area contributed by atoms with Crippen LogP contribution in [0, 0.1) is 0 Å². The molecule has 0 fully saturated rings. The van der Waals surface area contributed by atoms with E-state index in [-0.39, 0.29) is 12.5 Å². The van der Waals surface area contributed by atoms with Gasteiger partial charge < -0.3 is 15.2 Å². The van der Waals surface area contributed by atoms with Crippen LogP contribution in [0.4, 0.5) is 0 Å². The van der Waals surface area contributed by atoms with E-state index in [2.05, 4.69) is 12.2 Å². The number of thiophene rings is 2. The molecule has 3 rings (SSSR count). The first-order chi connectivity index (χ1) is 13.1. The van der Waals surface area contributed by atoms with Gasteiger partial charge in [0, 0.05) is 15.3 Å². The molecule has 142 valence electrons. The fourth-order valence-electron chi connectivity index (χ4n) is 2.67. The Kier molecular flexibility index (Phi) is 6.66. The van der Waals surface area contributed by atoms with Crippen molar-refractivity contribution >= 4 is 28.6 Å². The first-order valence-corrected chi connectivity index (χ1v) is 10.7. The Morgan fingerprint density at radius 3 is 2.22 bits per heavy atom. The summed E-state index contributed by atoms with van der Waals surface area (Å²) in [6.07, 6.45) is 2.09. The van der Waals surface area contributed by atoms with Crippen molar-refractivity contribution in [2.45, 2.75) is 25.4 Å². The van der Waals surface area contributed by atoms with Gasteiger partial charge in [0.1, 0.15) is 11.4 Å². The minimum atomic E-state index is -1.22. The Hall–Kier alpha value is -2.15. The Morgan fingerprint density at radius 1 is 1.07 bits per heavy atom. The van der Waals surface area contributed by atoms with Crippen molar-refractivity contribution in [2.75, 3.05) is 13.2 Å². The second-order valence-corrected chi connectivity index (χ2v) is 8.12. The van der Waals surface area contributed by atoms with Gasteiger partial charge in [-0.2, -0.15) is 0 Å². The highest BCUT2D eigenvalue weighted by molar-refractivity contribution is 7.11. The number of benzene rings is 1. The van der Waals surface area contributed by atoms with Crippen molar-refractivity contribution < 1.29 is 14.6 Å². The van der Waals surface area contributed by atoms with Crippen LogP contribution in [0.3, 0.4) is 0 Å². The third-order valence-electron chi connectivity index (χ3n) is 4.25. The van der Waals surface area contributed by atoms with Gasteiger partial charge in [-0.15, -0.1) is 22.7 Å². The zero-order chi connectivity index (χ0) is 19.1. The summed E-state index contributed by atoms with van der Waals surface area (Å²) in [5, 5.41) is 18.0. The number of hydrogen-bond acceptors (Lipinski definition) is 5. The lowest BCUT2D eigenvalue weighted by Crippen LogP contribution is -2.40. The second-order valence-electron chi connectivity index (χ2n) is 6.22. The monoisotopic (exact) mass is 401 g/mol. The SMILES string of the molecule is CCCCOc1ccc(C(=O)NCC(O)(c2cccs2)c2cccs2)cc1. The minimum Gasteiger partial charge on any atom is -0.494 e. The molecule has 0 radical (unpaired) electrons. The van der Waals surface area contributed by atoms with Crippen molar-refractivity contribution in [1.29, 1.82) is 0 Å². The molecular weight excluding hydrogens is 378 g/mol. The van der Waals surface area contributed by atoms with E-state index in [1.54, 1.807) is 24.3 Å². The molecule has 6 heteroatoms. The molecule has 0 aliphatic carbocycles. The number of rotatable bonds is 9. The first kappa shape index (κ1) is 19.6. The minimum absolute atomic E-state index is 0.113. The van der Waals surface area contributed by atoms with Crippen LogP contribution in [0.15, 0.2) is 59.3 Å². The first-order valence-electron chi connectivity index (χ1n) is 8.95. The van der Waals surface area contributed by atoms with E-state index in [9.17, 15) is 9.90 Å². The number of amides is 1. The molecule has 0 atom stereocenters. The molecule has 0 unspecified atom stereocenters. The molecule has 1 amide bonds. The topological polar surface area (TPSA) is 58.6 Å². The molecule has 27 heavy (non-hydrogen) atoms. The van der Waals surface area contributed by atoms with Crippen LogP contribution in [0.5, 0.6) is 5.75 Å². The number of unbranched alkanes of at least 4 members (excludes halogenated alkanes) is 1. The summed E-state index contributed by atoms with van der Waals surface area (Å²) in [6, 6.07) is 14.7. The van der Waals surface area contributed by atoms with Gasteiger partial charge in [-0.25, -0.2) is 0 Å². The molecule has 0 aliphatic rings. The third-order valence-corrected chi connectivity index (χ3v) is 6.29. The summed E-state index contributed by atoms with van der Waals surface area (Å²) in [4.78, 5) is 14.2. The lowest BCUT2D eigenvalue weighted by molar-refractivity contribution is 0.0739. The van der Waals surface area contributed by atoms with Crippen molar-refractivity contribution in [1.82, 2.24) is 5.32 Å². The number of hydrogen-bond donors (Lipinski definition) is 2. The molecule has 0 aliphatic heterocycles. The highest BCUT2D eigenvalue weighted by Gasteiger charge is 2.34. The van der Waals surface area contributed by atoms with Crippen LogP contribution < -0.4 is 10.1 Å². The highest BCUT2D eigenvalue weighted by atomic mass is 32.1. The molecule has 0 saturated heterocycles. The van der Waals surface area contributed by atoms with Gasteiger partial charge in [-0.1, -0.05) is 25.5 Å². The smallest absolute Gasteiger partial charge is 0.251 e. The Labute approximate surface area is 167 Å². The van der Waals surface area contributed by atoms with Crippen LogP contribution in [-0.2, 0) is 5.60 Å². The van der Waals surface area contributed by atoms with Crippen LogP contribution in [0.2, 0.25) is 0 Å². The van der Waals surface area contributed by atoms with E-state index < -0.39 is 5.60 Å². The normalized spacial score (nSPS) is 11.3. The van der Waals surface area contributed by atoms with Gasteiger partial charge in [-0.3, -0.25) is 4.79 Å². The van der Waals surface area contributed by atoms with Gasteiger partial charge in [0.25, 0.3) is 5.91 Å². The maximum absolute atomic E-state index is 12.5. The number of aliphatic hydroxyl groups is 1. The maximum atomic E-state index is 12.5. The average Bonchev–Trinajstić information content (AvgIpc) is 3.41. The summed E-state index contributed by atoms with van der Waals surface area (Å²) in [5.74, 6) is 0.537. The predicted molar refractivity (Wildman–Crippen MR) is 111 cm³/mol. The standard InChI is InChI=1S/C21H23NO3S2/c1-2-3-12-25-17-10-8-16(9-11-17)20(23)22-15-21(24,18-6-4-13-26-18)19-7-5-14-27-19/h4-11,13-14,24H,2-3,12,15H2,1H3,(H,22,23). The zero-order valence-electron chi connectivity index (χ0n) is 15.2. The van der Waals surface area contributed by atoms with Gasteiger partial charge in [0.05, 0.1) is 13.2 Å². The molecule has 0 bridgehead atoms. The second kappa shape index (κ2) is 9.17. The summed E-state index contributed by atoms with van der Waals surface area (Å²) < 4.78 is 5.62. The molecule has 4 nitrogen and oxygen atoms in total. The molecule has 2 heterocycles. The molecule has 2 N–H and O–H groups in total. The zero-order valence-corrected chi connectivity index (χ0v) is 16.8. The van der Waals surface area contributed by atoms with Crippen LogP contribution in [-0.4, -0.2) is 24.2 Å². The lowest BCUT2D eigenvalue weighted by atomic mass is 9.99. The average molecular weight is 402 g/mol. The van der Waals surface area contributed by atoms with Crippen molar-refractivity contribution in [2.24, 2.45) is 0 Å². The van der Waals surface area contributed by atoms with E-state index in [1.807, 2.05) is 35.0 Å². The molecule has 0 saturated carbocycles. The summed E-state index contributed by atoms with van der Waals surface area (Å²) in [5.41, 5.74) is -0.682. The molecule has 2 aromatic heterocycles. The number of ether oxygens (including phenoxy) is 1. The quantitative estimate of drug-likeness (QED) is 0.513. The van der Waals surface area contributed by atoms with E-state index in [0.29, 0.717) is 12.2 Å². The van der Waals surface area contributed by atoms with Gasteiger partial charge in [0.2, 0.25) is 0 Å². The van der Waals surface area contributed by atoms with E-state index >= 15 is 0 Å². The van der Waals surface area contributed by atoms with Gasteiger partial charge in [-0.05, 0) is 53.6 Å². The van der Waals surface area contributed by atoms with Crippen molar-refractivity contribution in [3.63, 3.8) is 0 Å². The fraction of sp³-hybridized carbons (Fsp3) is 0.286. The summed E-state index contributed by atoms with van der Waals surface area (Å²) in [7, 11) is 0. The Morgan fingerprint density at radius 2 is 1.70 bits per heavy atom. The van der Waals surface area contributed by atoms with Crippen LogP contribution in [0.1, 0.15) is 39.9 Å². The predicted octanol–water partition coefficient (Wildman–Crippen LogP) is 4.65. The molecule has 0 spiro atoms. The molecule has 3 aromatic rings. The van der Waals surface area contributed by atoms with E-state index in [0.717, 1.165) is 28.3 Å². The van der Waals surface area contributed by atoms with Crippen molar-refractivity contribution in [3.05, 3.63) is 74.6 Å². The third kappa shape index (κ3) is 4.77. The van der Waals surface area contributed by atoms with Crippen LogP contribution >= 0.6 is 22.7 Å². The van der Waals surface area contributed by atoms with Crippen LogP contribution in [0.25, 0.3) is 0 Å². The fourth-order valence-corrected chi connectivity index (χ4v) is 4.41. The van der Waals surface area contributed by atoms with Gasteiger partial charge >= 0.3 is 0 Å². The number of carbonyl (C=O) groups is 1.